The average molecular weight is 227 g/mol. The van der Waals surface area contributed by atoms with Crippen LogP contribution < -0.4 is 0 Å². The highest BCUT2D eigenvalue weighted by Gasteiger charge is 2.24. The lowest BCUT2D eigenvalue weighted by atomic mass is 10.2. The minimum absolute atomic E-state index is 0.177. The van der Waals surface area contributed by atoms with Gasteiger partial charge in [-0.3, -0.25) is 14.5 Å². The van der Waals surface area contributed by atoms with Crippen LogP contribution in [-0.2, 0) is 14.3 Å². The zero-order chi connectivity index (χ0) is 12.1. The summed E-state index contributed by atoms with van der Waals surface area (Å²) in [6.07, 6.45) is 1.39. The van der Waals surface area contributed by atoms with Crippen LogP contribution in [0.1, 0.15) is 19.8 Å². The monoisotopic (exact) mass is 227 g/mol. The molecule has 1 heterocycles. The number of ether oxygens (including phenoxy) is 1. The molecule has 0 aromatic carbocycles. The summed E-state index contributed by atoms with van der Waals surface area (Å²) in [5, 5.41) is 8.43. The quantitative estimate of drug-likeness (QED) is 0.554. The maximum absolute atomic E-state index is 11.2. The topological polar surface area (TPSA) is 83.9 Å². The molecule has 1 N–H and O–H groups in total. The molecule has 0 saturated heterocycles. The summed E-state index contributed by atoms with van der Waals surface area (Å²) in [7, 11) is 0. The van der Waals surface area contributed by atoms with Gasteiger partial charge in [0.25, 0.3) is 11.8 Å². The van der Waals surface area contributed by atoms with Crippen molar-refractivity contribution in [3.63, 3.8) is 0 Å². The zero-order valence-electron chi connectivity index (χ0n) is 8.88. The molecule has 0 aliphatic carbocycles. The summed E-state index contributed by atoms with van der Waals surface area (Å²) in [4.78, 5) is 33.7. The van der Waals surface area contributed by atoms with Crippen LogP contribution in [0.4, 0.5) is 4.79 Å². The van der Waals surface area contributed by atoms with Gasteiger partial charge in [0.2, 0.25) is 0 Å². The molecule has 0 radical (unpaired) electrons. The Morgan fingerprint density at radius 1 is 1.44 bits per heavy atom. The number of carbonyl (C=O) groups excluding carboxylic acids is 2. The van der Waals surface area contributed by atoms with E-state index in [9.17, 15) is 14.4 Å². The molecule has 2 amide bonds. The van der Waals surface area contributed by atoms with E-state index in [2.05, 4.69) is 4.74 Å². The Kier molecular flexibility index (Phi) is 4.04. The molecule has 0 saturated carbocycles. The van der Waals surface area contributed by atoms with Crippen molar-refractivity contribution < 1.29 is 24.2 Å². The van der Waals surface area contributed by atoms with Gasteiger partial charge < -0.3 is 9.84 Å². The molecule has 1 rings (SSSR count). The van der Waals surface area contributed by atoms with Crippen LogP contribution in [0.2, 0.25) is 0 Å². The van der Waals surface area contributed by atoms with Crippen molar-refractivity contribution in [3.05, 3.63) is 12.2 Å². The van der Waals surface area contributed by atoms with Gasteiger partial charge in [-0.15, -0.1) is 0 Å². The number of carboxylic acid groups (broad SMARTS) is 1. The van der Waals surface area contributed by atoms with E-state index in [-0.39, 0.29) is 18.4 Å². The fourth-order valence-corrected chi connectivity index (χ4v) is 1.41. The third kappa shape index (κ3) is 3.08. The number of hydrogen-bond donors (Lipinski definition) is 1. The smallest absolute Gasteiger partial charge is 0.450 e. The van der Waals surface area contributed by atoms with Crippen molar-refractivity contribution >= 4 is 18.0 Å². The Bertz CT molecular complexity index is 318. The molecule has 0 bridgehead atoms. The number of imide groups is 1. The fraction of sp³-hybridized carbons (Fsp3) is 0.500. The maximum Gasteiger partial charge on any atom is 0.506 e. The highest BCUT2D eigenvalue weighted by Crippen LogP contribution is 2.09. The van der Waals surface area contributed by atoms with E-state index in [1.165, 1.54) is 12.2 Å². The van der Waals surface area contributed by atoms with Gasteiger partial charge in [-0.05, 0) is 6.42 Å². The SMILES string of the molecule is CCC(CCN1C(=O)C=CC1=O)OC(=O)O. The van der Waals surface area contributed by atoms with E-state index in [1.54, 1.807) is 6.92 Å². The van der Waals surface area contributed by atoms with Crippen LogP contribution in [0.15, 0.2) is 12.2 Å². The molecular formula is C10H13NO5. The van der Waals surface area contributed by atoms with Gasteiger partial charge in [0.15, 0.2) is 0 Å². The second-order valence-electron chi connectivity index (χ2n) is 3.36. The Morgan fingerprint density at radius 2 is 2.00 bits per heavy atom. The van der Waals surface area contributed by atoms with E-state index in [4.69, 9.17) is 5.11 Å². The first-order chi connectivity index (χ1) is 7.54. The lowest BCUT2D eigenvalue weighted by molar-refractivity contribution is -0.137. The fourth-order valence-electron chi connectivity index (χ4n) is 1.41. The number of rotatable bonds is 5. The number of hydrogen-bond acceptors (Lipinski definition) is 4. The molecule has 0 aromatic heterocycles. The highest BCUT2D eigenvalue weighted by molar-refractivity contribution is 6.12. The lowest BCUT2D eigenvalue weighted by Crippen LogP contribution is -2.33. The molecule has 88 valence electrons. The first kappa shape index (κ1) is 12.2. The third-order valence-electron chi connectivity index (χ3n) is 2.30. The van der Waals surface area contributed by atoms with E-state index in [1.807, 2.05) is 0 Å². The van der Waals surface area contributed by atoms with Gasteiger partial charge in [0.05, 0.1) is 0 Å². The van der Waals surface area contributed by atoms with Crippen molar-refractivity contribution in [1.82, 2.24) is 4.90 Å². The second kappa shape index (κ2) is 5.29. The van der Waals surface area contributed by atoms with Gasteiger partial charge in [0, 0.05) is 25.1 Å². The molecule has 1 aliphatic heterocycles. The van der Waals surface area contributed by atoms with Gasteiger partial charge >= 0.3 is 6.16 Å². The molecule has 0 spiro atoms. The summed E-state index contributed by atoms with van der Waals surface area (Å²) in [5.41, 5.74) is 0. The molecule has 6 nitrogen and oxygen atoms in total. The molecule has 16 heavy (non-hydrogen) atoms. The van der Waals surface area contributed by atoms with E-state index >= 15 is 0 Å². The van der Waals surface area contributed by atoms with Crippen LogP contribution in [0, 0.1) is 0 Å². The van der Waals surface area contributed by atoms with Gasteiger partial charge in [-0.1, -0.05) is 6.92 Å². The van der Waals surface area contributed by atoms with Crippen LogP contribution in [0.3, 0.4) is 0 Å². The Hall–Kier alpha value is -1.85. The van der Waals surface area contributed by atoms with Gasteiger partial charge in [-0.25, -0.2) is 4.79 Å². The first-order valence-electron chi connectivity index (χ1n) is 4.97. The molecule has 0 aromatic rings. The van der Waals surface area contributed by atoms with E-state index < -0.39 is 12.3 Å². The van der Waals surface area contributed by atoms with Crippen LogP contribution >= 0.6 is 0 Å². The zero-order valence-corrected chi connectivity index (χ0v) is 8.88. The minimum Gasteiger partial charge on any atom is -0.450 e. The summed E-state index contributed by atoms with van der Waals surface area (Å²) >= 11 is 0. The maximum atomic E-state index is 11.2. The van der Waals surface area contributed by atoms with Crippen molar-refractivity contribution in [2.24, 2.45) is 0 Å². The van der Waals surface area contributed by atoms with Gasteiger partial charge in [0.1, 0.15) is 6.10 Å². The predicted molar refractivity (Wildman–Crippen MR) is 53.7 cm³/mol. The van der Waals surface area contributed by atoms with Crippen LogP contribution in [0.5, 0.6) is 0 Å². The predicted octanol–water partition coefficient (Wildman–Crippen LogP) is 0.775. The Labute approximate surface area is 92.5 Å². The molecule has 1 atom stereocenters. The van der Waals surface area contributed by atoms with Gasteiger partial charge in [-0.2, -0.15) is 0 Å². The first-order valence-corrected chi connectivity index (χ1v) is 4.97. The van der Waals surface area contributed by atoms with Crippen molar-refractivity contribution in [3.8, 4) is 0 Å². The van der Waals surface area contributed by atoms with Crippen LogP contribution in [-0.4, -0.2) is 40.6 Å². The third-order valence-corrected chi connectivity index (χ3v) is 2.30. The van der Waals surface area contributed by atoms with Crippen molar-refractivity contribution in [1.29, 1.82) is 0 Å². The summed E-state index contributed by atoms with van der Waals surface area (Å²) < 4.78 is 4.58. The number of nitrogens with zero attached hydrogens (tertiary/aromatic N) is 1. The minimum atomic E-state index is -1.34. The average Bonchev–Trinajstić information content (AvgIpc) is 2.53. The van der Waals surface area contributed by atoms with Crippen LogP contribution in [0.25, 0.3) is 0 Å². The Balaban J connectivity index is 2.41. The van der Waals surface area contributed by atoms with E-state index in [0.29, 0.717) is 12.8 Å². The summed E-state index contributed by atoms with van der Waals surface area (Å²) in [5.74, 6) is -0.731. The standard InChI is InChI=1S/C10H13NO5/c1-2-7(16-10(14)15)5-6-11-8(12)3-4-9(11)13/h3-4,7H,2,5-6H2,1H3,(H,14,15). The summed E-state index contributed by atoms with van der Waals surface area (Å²) in [6.45, 7) is 1.95. The van der Waals surface area contributed by atoms with E-state index in [0.717, 1.165) is 4.90 Å². The largest absolute Gasteiger partial charge is 0.506 e. The summed E-state index contributed by atoms with van der Waals surface area (Å²) in [6, 6.07) is 0. The van der Waals surface area contributed by atoms with Crippen molar-refractivity contribution in [2.45, 2.75) is 25.9 Å². The lowest BCUT2D eigenvalue weighted by Gasteiger charge is -2.18. The molecule has 6 heteroatoms. The molecule has 1 aliphatic rings. The molecule has 1 unspecified atom stereocenters. The number of amides is 2. The number of carbonyl (C=O) groups is 3. The molecule has 0 fully saturated rings. The molecular weight excluding hydrogens is 214 g/mol. The highest BCUT2D eigenvalue weighted by atomic mass is 16.7. The van der Waals surface area contributed by atoms with Crippen molar-refractivity contribution in [2.75, 3.05) is 6.54 Å². The normalized spacial score (nSPS) is 16.7. The Morgan fingerprint density at radius 3 is 2.44 bits per heavy atom. The second-order valence-corrected chi connectivity index (χ2v) is 3.36.